The van der Waals surface area contributed by atoms with E-state index in [1.54, 1.807) is 36.4 Å². The Morgan fingerprint density at radius 2 is 2.03 bits per heavy atom. The minimum Gasteiger partial charge on any atom is -0.495 e. The molecule has 2 N–H and O–H groups in total. The maximum Gasteiger partial charge on any atom is 0.255 e. The number of carbonyl (C=O) groups excluding carboxylic acids is 1. The number of hydrogen-bond donors (Lipinski definition) is 2. The molecule has 2 aromatic carbocycles. The highest BCUT2D eigenvalue weighted by atomic mass is 35.5. The summed E-state index contributed by atoms with van der Waals surface area (Å²) in [5.41, 5.74) is 1.73. The van der Waals surface area contributed by atoms with E-state index in [0.717, 1.165) is 0 Å². The van der Waals surface area contributed by atoms with Crippen LogP contribution in [0.1, 0.15) is 10.4 Å². The van der Waals surface area contributed by atoms with Crippen molar-refractivity contribution in [3.63, 3.8) is 0 Å². The Labute approximate surface area is 177 Å². The zero-order valence-corrected chi connectivity index (χ0v) is 17.8. The number of ether oxygens (including phenoxy) is 1. The van der Waals surface area contributed by atoms with Crippen LogP contribution in [0.2, 0.25) is 5.02 Å². The highest BCUT2D eigenvalue weighted by molar-refractivity contribution is 8.15. The van der Waals surface area contributed by atoms with Gasteiger partial charge in [-0.25, -0.2) is 8.42 Å². The van der Waals surface area contributed by atoms with Crippen LogP contribution < -0.4 is 15.4 Å². The Morgan fingerprint density at radius 1 is 1.21 bits per heavy atom. The molecule has 0 aromatic heterocycles. The van der Waals surface area contributed by atoms with Gasteiger partial charge in [0, 0.05) is 22.2 Å². The quantitative estimate of drug-likeness (QED) is 0.740. The molecule has 7 nitrogen and oxygen atoms in total. The van der Waals surface area contributed by atoms with Crippen LogP contribution in [0.4, 0.5) is 11.4 Å². The van der Waals surface area contributed by atoms with Crippen LogP contribution in [-0.2, 0) is 9.84 Å². The van der Waals surface area contributed by atoms with E-state index in [4.69, 9.17) is 16.3 Å². The van der Waals surface area contributed by atoms with E-state index in [1.165, 1.54) is 18.9 Å². The van der Waals surface area contributed by atoms with Gasteiger partial charge in [0.2, 0.25) is 0 Å². The molecule has 1 fully saturated rings. The lowest BCUT2D eigenvalue weighted by atomic mass is 10.2. The van der Waals surface area contributed by atoms with Crippen LogP contribution in [-0.4, -0.2) is 49.4 Å². The van der Waals surface area contributed by atoms with Crippen molar-refractivity contribution in [1.29, 1.82) is 0 Å². The fourth-order valence-electron chi connectivity index (χ4n) is 3.23. The number of amides is 1. The predicted molar refractivity (Wildman–Crippen MR) is 117 cm³/mol. The number of anilines is 2. The van der Waals surface area contributed by atoms with Crippen molar-refractivity contribution in [1.82, 2.24) is 0 Å². The molecule has 2 heterocycles. The van der Waals surface area contributed by atoms with Crippen LogP contribution in [0.3, 0.4) is 0 Å². The van der Waals surface area contributed by atoms with Crippen molar-refractivity contribution in [2.75, 3.05) is 29.2 Å². The number of fused-ring (bicyclic) bond motifs is 1. The van der Waals surface area contributed by atoms with Gasteiger partial charge in [0.05, 0.1) is 29.7 Å². The number of sulfone groups is 1. The molecule has 0 bridgehead atoms. The number of nitrogens with zero attached hydrogens (tertiary/aromatic N) is 1. The molecule has 1 saturated heterocycles. The van der Waals surface area contributed by atoms with Gasteiger partial charge in [0.25, 0.3) is 5.91 Å². The maximum absolute atomic E-state index is 12.6. The summed E-state index contributed by atoms with van der Waals surface area (Å²) in [7, 11) is -1.46. The SMILES string of the molecule is COc1ccc(NC(=O)c2cccc(NC3=N[C@@H]4CS(=O)(=O)C[C@H]4S3)c2)cc1Cl. The van der Waals surface area contributed by atoms with E-state index in [0.29, 0.717) is 32.9 Å². The average Bonchev–Trinajstić information content (AvgIpc) is 3.14. The Balaban J connectivity index is 1.44. The summed E-state index contributed by atoms with van der Waals surface area (Å²) < 4.78 is 28.5. The molecular formula is C19H18ClN3O4S2. The molecule has 2 aromatic rings. The third-order valence-corrected chi connectivity index (χ3v) is 8.04. The van der Waals surface area contributed by atoms with E-state index in [9.17, 15) is 13.2 Å². The fourth-order valence-corrected chi connectivity index (χ4v) is 7.16. The van der Waals surface area contributed by atoms with E-state index < -0.39 is 9.84 Å². The van der Waals surface area contributed by atoms with Gasteiger partial charge in [-0.3, -0.25) is 9.79 Å². The van der Waals surface area contributed by atoms with Gasteiger partial charge < -0.3 is 15.4 Å². The van der Waals surface area contributed by atoms with Crippen LogP contribution in [0.15, 0.2) is 47.5 Å². The smallest absolute Gasteiger partial charge is 0.255 e. The Morgan fingerprint density at radius 3 is 2.76 bits per heavy atom. The molecule has 2 atom stereocenters. The Hall–Kier alpha value is -2.23. The van der Waals surface area contributed by atoms with Crippen LogP contribution >= 0.6 is 23.4 Å². The van der Waals surface area contributed by atoms with Crippen molar-refractivity contribution >= 4 is 55.6 Å². The van der Waals surface area contributed by atoms with E-state index >= 15 is 0 Å². The van der Waals surface area contributed by atoms with E-state index in [1.807, 2.05) is 6.07 Å². The van der Waals surface area contributed by atoms with Crippen LogP contribution in [0.5, 0.6) is 5.75 Å². The second-order valence-corrected chi connectivity index (χ2v) is 10.5. The summed E-state index contributed by atoms with van der Waals surface area (Å²) >= 11 is 7.53. The van der Waals surface area contributed by atoms with Crippen molar-refractivity contribution in [3.05, 3.63) is 53.1 Å². The predicted octanol–water partition coefficient (Wildman–Crippen LogP) is 3.28. The molecular weight excluding hydrogens is 434 g/mol. The molecule has 0 aliphatic carbocycles. The summed E-state index contributed by atoms with van der Waals surface area (Å²) in [5.74, 6) is 0.509. The van der Waals surface area contributed by atoms with Gasteiger partial charge in [0.15, 0.2) is 15.0 Å². The van der Waals surface area contributed by atoms with Crippen molar-refractivity contribution in [2.24, 2.45) is 4.99 Å². The van der Waals surface area contributed by atoms with Gasteiger partial charge in [-0.1, -0.05) is 29.4 Å². The molecule has 152 valence electrons. The molecule has 0 unspecified atom stereocenters. The highest BCUT2D eigenvalue weighted by Crippen LogP contribution is 2.34. The second kappa shape index (κ2) is 7.89. The summed E-state index contributed by atoms with van der Waals surface area (Å²) in [5, 5.41) is 7.03. The third kappa shape index (κ3) is 4.52. The molecule has 1 amide bonds. The Bertz CT molecular complexity index is 1100. The first-order valence-electron chi connectivity index (χ1n) is 8.80. The van der Waals surface area contributed by atoms with Crippen molar-refractivity contribution in [3.8, 4) is 5.75 Å². The Kier molecular flexibility index (Phi) is 5.46. The van der Waals surface area contributed by atoms with Gasteiger partial charge in [0.1, 0.15) is 5.75 Å². The molecule has 29 heavy (non-hydrogen) atoms. The van der Waals surface area contributed by atoms with Crippen molar-refractivity contribution < 1.29 is 17.9 Å². The first-order chi connectivity index (χ1) is 13.8. The summed E-state index contributed by atoms with van der Waals surface area (Å²) in [6, 6.07) is 11.8. The highest BCUT2D eigenvalue weighted by Gasteiger charge is 2.42. The van der Waals surface area contributed by atoms with Gasteiger partial charge in [-0.15, -0.1) is 0 Å². The molecule has 0 saturated carbocycles. The lowest BCUT2D eigenvalue weighted by molar-refractivity contribution is 0.102. The molecule has 0 radical (unpaired) electrons. The normalized spacial score (nSPS) is 21.9. The lowest BCUT2D eigenvalue weighted by Crippen LogP contribution is -2.14. The fraction of sp³-hybridized carbons (Fsp3) is 0.263. The number of halogens is 1. The van der Waals surface area contributed by atoms with Crippen LogP contribution in [0, 0.1) is 0 Å². The number of thioether (sulfide) groups is 1. The lowest BCUT2D eigenvalue weighted by Gasteiger charge is -2.10. The topological polar surface area (TPSA) is 96.9 Å². The van der Waals surface area contributed by atoms with Crippen LogP contribution in [0.25, 0.3) is 0 Å². The zero-order valence-electron chi connectivity index (χ0n) is 15.4. The zero-order chi connectivity index (χ0) is 20.6. The summed E-state index contributed by atoms with van der Waals surface area (Å²) in [4.78, 5) is 17.1. The molecule has 0 spiro atoms. The number of hydrogen-bond acceptors (Lipinski definition) is 7. The number of amidine groups is 1. The standard InChI is InChI=1S/C19H18ClN3O4S2/c1-27-16-6-5-13(8-14(16)20)21-18(24)11-3-2-4-12(7-11)22-19-23-15-9-29(25,26)10-17(15)28-19/h2-8,15,17H,9-10H2,1H3,(H,21,24)(H,22,23)/t15-,17-/m1/s1. The average molecular weight is 452 g/mol. The molecule has 2 aliphatic heterocycles. The molecule has 2 aliphatic rings. The van der Waals surface area contributed by atoms with Gasteiger partial charge in [-0.05, 0) is 36.4 Å². The monoisotopic (exact) mass is 451 g/mol. The number of aliphatic imine (C=N–C) groups is 1. The number of rotatable bonds is 4. The largest absolute Gasteiger partial charge is 0.495 e. The summed E-state index contributed by atoms with van der Waals surface area (Å²) in [6.07, 6.45) is 0. The number of methoxy groups -OCH3 is 1. The minimum absolute atomic E-state index is 0.0335. The number of benzene rings is 2. The maximum atomic E-state index is 12.6. The minimum atomic E-state index is -2.98. The molecule has 4 rings (SSSR count). The first kappa shape index (κ1) is 20.1. The van der Waals surface area contributed by atoms with Gasteiger partial charge in [-0.2, -0.15) is 0 Å². The third-order valence-electron chi connectivity index (χ3n) is 4.60. The number of carbonyl (C=O) groups is 1. The van der Waals surface area contributed by atoms with E-state index in [2.05, 4.69) is 15.6 Å². The van der Waals surface area contributed by atoms with Crippen molar-refractivity contribution in [2.45, 2.75) is 11.3 Å². The molecule has 10 heteroatoms. The van der Waals surface area contributed by atoms with E-state index in [-0.39, 0.29) is 28.7 Å². The van der Waals surface area contributed by atoms with Gasteiger partial charge >= 0.3 is 0 Å². The number of nitrogens with one attached hydrogen (secondary N) is 2. The summed E-state index contributed by atoms with van der Waals surface area (Å²) in [6.45, 7) is 0. The second-order valence-electron chi connectivity index (χ2n) is 6.74. The first-order valence-corrected chi connectivity index (χ1v) is 11.9.